The van der Waals surface area contributed by atoms with Crippen LogP contribution in [0.4, 0.5) is 5.69 Å². The van der Waals surface area contributed by atoms with Crippen molar-refractivity contribution >= 4 is 17.5 Å². The zero-order chi connectivity index (χ0) is 19.9. The number of para-hydroxylation sites is 1. The van der Waals surface area contributed by atoms with Crippen LogP contribution in [0.5, 0.6) is 0 Å². The number of rotatable bonds is 5. The molecule has 0 aliphatic carbocycles. The molecule has 28 heavy (non-hydrogen) atoms. The van der Waals surface area contributed by atoms with Gasteiger partial charge in [0.05, 0.1) is 13.6 Å². The summed E-state index contributed by atoms with van der Waals surface area (Å²) >= 11 is 0. The lowest BCUT2D eigenvalue weighted by molar-refractivity contribution is -1.02. The molecule has 0 unspecified atom stereocenters. The van der Waals surface area contributed by atoms with E-state index < -0.39 is 11.8 Å². The SMILES string of the molecule is Cc1ccc([C@H](CNC(=O)C(=O)Nc2ccccc2)[NH+]2CC[NH+](C)CC2)cc1. The van der Waals surface area contributed by atoms with Gasteiger partial charge in [0.2, 0.25) is 0 Å². The van der Waals surface area contributed by atoms with Crippen molar-refractivity contribution in [2.45, 2.75) is 13.0 Å². The lowest BCUT2D eigenvalue weighted by atomic mass is 10.0. The fourth-order valence-corrected chi connectivity index (χ4v) is 3.63. The van der Waals surface area contributed by atoms with Gasteiger partial charge in [0, 0.05) is 11.3 Å². The van der Waals surface area contributed by atoms with E-state index in [-0.39, 0.29) is 6.04 Å². The molecule has 6 heteroatoms. The monoisotopic (exact) mass is 382 g/mol. The van der Waals surface area contributed by atoms with Crippen LogP contribution in [-0.4, -0.2) is 51.6 Å². The Morgan fingerprint density at radius 3 is 2.21 bits per heavy atom. The van der Waals surface area contributed by atoms with Gasteiger partial charge in [-0.2, -0.15) is 0 Å². The molecule has 0 radical (unpaired) electrons. The number of quaternary nitrogens is 2. The zero-order valence-electron chi connectivity index (χ0n) is 16.6. The van der Waals surface area contributed by atoms with Crippen LogP contribution in [0.2, 0.25) is 0 Å². The van der Waals surface area contributed by atoms with Crippen molar-refractivity contribution in [1.29, 1.82) is 0 Å². The molecule has 1 aliphatic rings. The molecule has 1 aliphatic heterocycles. The van der Waals surface area contributed by atoms with E-state index in [1.54, 1.807) is 12.1 Å². The van der Waals surface area contributed by atoms with Crippen molar-refractivity contribution in [1.82, 2.24) is 5.32 Å². The van der Waals surface area contributed by atoms with Crippen LogP contribution < -0.4 is 20.4 Å². The Balaban J connectivity index is 1.64. The van der Waals surface area contributed by atoms with Gasteiger partial charge in [-0.25, -0.2) is 0 Å². The van der Waals surface area contributed by atoms with Gasteiger partial charge in [-0.05, 0) is 19.1 Å². The van der Waals surface area contributed by atoms with Crippen LogP contribution >= 0.6 is 0 Å². The Bertz CT molecular complexity index is 784. The second kappa shape index (κ2) is 9.48. The molecule has 6 nitrogen and oxygen atoms in total. The van der Waals surface area contributed by atoms with Gasteiger partial charge in [0.25, 0.3) is 0 Å². The number of aryl methyl sites for hydroxylation is 1. The maximum atomic E-state index is 12.3. The highest BCUT2D eigenvalue weighted by molar-refractivity contribution is 6.39. The fourth-order valence-electron chi connectivity index (χ4n) is 3.63. The van der Waals surface area contributed by atoms with E-state index in [1.807, 2.05) is 18.2 Å². The predicted molar refractivity (Wildman–Crippen MR) is 109 cm³/mol. The van der Waals surface area contributed by atoms with E-state index >= 15 is 0 Å². The van der Waals surface area contributed by atoms with Crippen molar-refractivity contribution in [3.63, 3.8) is 0 Å². The number of amides is 2. The summed E-state index contributed by atoms with van der Waals surface area (Å²) in [7, 11) is 2.22. The molecule has 0 aromatic heterocycles. The van der Waals surface area contributed by atoms with E-state index in [0.29, 0.717) is 12.2 Å². The number of piperazine rings is 1. The van der Waals surface area contributed by atoms with E-state index in [9.17, 15) is 9.59 Å². The lowest BCUT2D eigenvalue weighted by Crippen LogP contribution is -3.27. The Morgan fingerprint density at radius 2 is 1.57 bits per heavy atom. The van der Waals surface area contributed by atoms with Crippen molar-refractivity contribution in [2.24, 2.45) is 0 Å². The van der Waals surface area contributed by atoms with E-state index in [2.05, 4.69) is 48.9 Å². The number of hydrogen-bond acceptors (Lipinski definition) is 2. The van der Waals surface area contributed by atoms with Crippen LogP contribution in [0.1, 0.15) is 17.2 Å². The Hall–Kier alpha value is -2.70. The Labute approximate surface area is 166 Å². The molecule has 4 N–H and O–H groups in total. The maximum Gasteiger partial charge on any atom is 0.313 e. The topological polar surface area (TPSA) is 67.1 Å². The maximum absolute atomic E-state index is 12.3. The number of hydrogen-bond donors (Lipinski definition) is 4. The molecule has 1 atom stereocenters. The van der Waals surface area contributed by atoms with Crippen LogP contribution in [-0.2, 0) is 9.59 Å². The van der Waals surface area contributed by atoms with Gasteiger partial charge in [-0.15, -0.1) is 0 Å². The van der Waals surface area contributed by atoms with Crippen molar-refractivity contribution in [3.05, 3.63) is 65.7 Å². The average Bonchev–Trinajstić information content (AvgIpc) is 2.71. The molecular weight excluding hydrogens is 352 g/mol. The van der Waals surface area contributed by atoms with Gasteiger partial charge < -0.3 is 20.4 Å². The first-order chi connectivity index (χ1) is 13.5. The molecule has 2 amide bonds. The zero-order valence-corrected chi connectivity index (χ0v) is 16.6. The molecule has 1 saturated heterocycles. The Morgan fingerprint density at radius 1 is 0.929 bits per heavy atom. The predicted octanol–water partition coefficient (Wildman–Crippen LogP) is -0.796. The molecule has 2 aromatic carbocycles. The standard InChI is InChI=1S/C22H28N4O2/c1-17-8-10-18(11-9-17)20(26-14-12-25(2)13-15-26)16-23-21(27)22(28)24-19-6-4-3-5-7-19/h3-11,20H,12-16H2,1-2H3,(H,23,27)(H,24,28)/p+2/t20-/m0/s1. The van der Waals surface area contributed by atoms with Gasteiger partial charge >= 0.3 is 11.8 Å². The van der Waals surface area contributed by atoms with E-state index in [4.69, 9.17) is 0 Å². The van der Waals surface area contributed by atoms with Gasteiger partial charge in [-0.1, -0.05) is 48.0 Å². The summed E-state index contributed by atoms with van der Waals surface area (Å²) in [4.78, 5) is 27.5. The number of likely N-dealkylation sites (N-methyl/N-ethyl adjacent to an activating group) is 1. The largest absolute Gasteiger partial charge is 0.341 e. The number of carbonyl (C=O) groups is 2. The van der Waals surface area contributed by atoms with E-state index in [1.165, 1.54) is 20.9 Å². The van der Waals surface area contributed by atoms with Crippen molar-refractivity contribution < 1.29 is 19.4 Å². The highest BCUT2D eigenvalue weighted by Crippen LogP contribution is 2.11. The normalized spacial score (nSPS) is 20.2. The number of benzene rings is 2. The first kappa shape index (κ1) is 20.0. The summed E-state index contributed by atoms with van der Waals surface area (Å²) in [6.45, 7) is 6.84. The second-order valence-electron chi connectivity index (χ2n) is 7.61. The van der Waals surface area contributed by atoms with Crippen molar-refractivity contribution in [3.8, 4) is 0 Å². The average molecular weight is 383 g/mol. The van der Waals surface area contributed by atoms with Gasteiger partial charge in [0.1, 0.15) is 32.2 Å². The molecule has 0 spiro atoms. The molecule has 3 rings (SSSR count). The van der Waals surface area contributed by atoms with Crippen LogP contribution in [0, 0.1) is 6.92 Å². The molecule has 0 saturated carbocycles. The first-order valence-electron chi connectivity index (χ1n) is 9.89. The minimum Gasteiger partial charge on any atom is -0.341 e. The molecule has 148 valence electrons. The molecule has 2 aromatic rings. The third-order valence-electron chi connectivity index (χ3n) is 5.42. The summed E-state index contributed by atoms with van der Waals surface area (Å²) in [5, 5.41) is 5.48. The number of nitrogens with one attached hydrogen (secondary N) is 4. The lowest BCUT2D eigenvalue weighted by Gasteiger charge is -2.33. The van der Waals surface area contributed by atoms with Crippen LogP contribution in [0.25, 0.3) is 0 Å². The minimum absolute atomic E-state index is 0.141. The quantitative estimate of drug-likeness (QED) is 0.512. The smallest absolute Gasteiger partial charge is 0.313 e. The van der Waals surface area contributed by atoms with Crippen LogP contribution in [0.3, 0.4) is 0 Å². The highest BCUT2D eigenvalue weighted by atomic mass is 16.2. The summed E-state index contributed by atoms with van der Waals surface area (Å²) < 4.78 is 0. The highest BCUT2D eigenvalue weighted by Gasteiger charge is 2.30. The fraction of sp³-hybridized carbons (Fsp3) is 0.364. The van der Waals surface area contributed by atoms with Gasteiger partial charge in [-0.3, -0.25) is 9.59 Å². The second-order valence-corrected chi connectivity index (χ2v) is 7.61. The third kappa shape index (κ3) is 5.41. The summed E-state index contributed by atoms with van der Waals surface area (Å²) in [6.07, 6.45) is 0. The third-order valence-corrected chi connectivity index (χ3v) is 5.42. The molecular formula is C22H30N4O2+2. The van der Waals surface area contributed by atoms with Gasteiger partial charge in [0.15, 0.2) is 0 Å². The molecule has 1 heterocycles. The molecule has 1 fully saturated rings. The molecule has 0 bridgehead atoms. The van der Waals surface area contributed by atoms with Crippen molar-refractivity contribution in [2.75, 3.05) is 45.1 Å². The minimum atomic E-state index is -0.633. The number of anilines is 1. The summed E-state index contributed by atoms with van der Waals surface area (Å²) in [5.41, 5.74) is 3.03. The Kier molecular flexibility index (Phi) is 6.79. The first-order valence-corrected chi connectivity index (χ1v) is 9.89. The number of carbonyl (C=O) groups excluding carboxylic acids is 2. The van der Waals surface area contributed by atoms with Crippen LogP contribution in [0.15, 0.2) is 54.6 Å². The summed E-state index contributed by atoms with van der Waals surface area (Å²) in [5.74, 6) is -1.23. The summed E-state index contributed by atoms with van der Waals surface area (Å²) in [6, 6.07) is 17.6. The van der Waals surface area contributed by atoms with E-state index in [0.717, 1.165) is 26.2 Å².